The zero-order chi connectivity index (χ0) is 13.1. The second-order valence-corrected chi connectivity index (χ2v) is 5.10. The summed E-state index contributed by atoms with van der Waals surface area (Å²) in [5, 5.41) is 9.45. The first kappa shape index (κ1) is 13.2. The molecule has 0 amide bonds. The minimum atomic E-state index is 0.223. The number of benzene rings is 1. The van der Waals surface area contributed by atoms with Crippen molar-refractivity contribution < 1.29 is 9.84 Å². The van der Waals surface area contributed by atoms with E-state index in [1.54, 1.807) is 7.11 Å². The highest BCUT2D eigenvalue weighted by molar-refractivity contribution is 5.47. The van der Waals surface area contributed by atoms with E-state index in [-0.39, 0.29) is 12.6 Å². The quantitative estimate of drug-likeness (QED) is 0.795. The van der Waals surface area contributed by atoms with Crippen molar-refractivity contribution in [1.82, 2.24) is 4.90 Å². The number of likely N-dealkylation sites (tertiary alicyclic amines) is 1. The topological polar surface area (TPSA) is 58.7 Å². The third-order valence-electron chi connectivity index (χ3n) is 3.79. The number of methoxy groups -OCH3 is 1. The van der Waals surface area contributed by atoms with Crippen molar-refractivity contribution in [1.29, 1.82) is 0 Å². The van der Waals surface area contributed by atoms with Gasteiger partial charge in [-0.2, -0.15) is 0 Å². The number of nitrogens with zero attached hydrogens (tertiary/aromatic N) is 1. The minimum Gasteiger partial charge on any atom is -0.497 e. The molecule has 0 aliphatic carbocycles. The second kappa shape index (κ2) is 5.59. The summed E-state index contributed by atoms with van der Waals surface area (Å²) in [6.45, 7) is 4.27. The molecule has 4 nitrogen and oxygen atoms in total. The molecular formula is C14H22N2O2. The summed E-state index contributed by atoms with van der Waals surface area (Å²) >= 11 is 0. The Morgan fingerprint density at radius 2 is 2.22 bits per heavy atom. The number of ether oxygens (including phenoxy) is 1. The fourth-order valence-corrected chi connectivity index (χ4v) is 2.71. The van der Waals surface area contributed by atoms with E-state index >= 15 is 0 Å². The van der Waals surface area contributed by atoms with Crippen molar-refractivity contribution in [2.45, 2.75) is 25.9 Å². The molecule has 3 N–H and O–H groups in total. The van der Waals surface area contributed by atoms with Crippen LogP contribution in [0.3, 0.4) is 0 Å². The first-order chi connectivity index (χ1) is 8.63. The van der Waals surface area contributed by atoms with Gasteiger partial charge in [-0.1, -0.05) is 6.92 Å². The molecule has 1 aliphatic rings. The molecule has 0 aromatic heterocycles. The zero-order valence-corrected chi connectivity index (χ0v) is 11.1. The lowest BCUT2D eigenvalue weighted by Crippen LogP contribution is -2.34. The number of nitrogens with two attached hydrogens (primary N) is 1. The normalized spacial score (nSPS) is 24.4. The van der Waals surface area contributed by atoms with Crippen LogP contribution in [0.15, 0.2) is 18.2 Å². The molecule has 1 aromatic carbocycles. The number of hydrogen-bond acceptors (Lipinski definition) is 4. The highest BCUT2D eigenvalue weighted by Gasteiger charge is 2.30. The lowest BCUT2D eigenvalue weighted by molar-refractivity contribution is 0.134. The Morgan fingerprint density at radius 1 is 1.44 bits per heavy atom. The van der Waals surface area contributed by atoms with Gasteiger partial charge in [0, 0.05) is 24.3 Å². The molecular weight excluding hydrogens is 228 g/mol. The second-order valence-electron chi connectivity index (χ2n) is 5.10. The van der Waals surface area contributed by atoms with Crippen LogP contribution in [-0.4, -0.2) is 36.3 Å². The van der Waals surface area contributed by atoms with Crippen molar-refractivity contribution in [2.75, 3.05) is 26.0 Å². The van der Waals surface area contributed by atoms with Gasteiger partial charge in [-0.25, -0.2) is 0 Å². The highest BCUT2D eigenvalue weighted by atomic mass is 16.5. The fraction of sp³-hybridized carbons (Fsp3) is 0.571. The van der Waals surface area contributed by atoms with Crippen LogP contribution in [-0.2, 0) is 6.54 Å². The Bertz CT molecular complexity index is 409. The molecule has 1 heterocycles. The molecule has 0 saturated carbocycles. The SMILES string of the molecule is COc1cc(N)cc(CN2CCC(C)C2CO)c1. The smallest absolute Gasteiger partial charge is 0.121 e. The molecule has 0 bridgehead atoms. The van der Waals surface area contributed by atoms with Crippen molar-refractivity contribution in [3.05, 3.63) is 23.8 Å². The van der Waals surface area contributed by atoms with E-state index < -0.39 is 0 Å². The molecule has 4 heteroatoms. The Morgan fingerprint density at radius 3 is 2.89 bits per heavy atom. The third-order valence-corrected chi connectivity index (χ3v) is 3.79. The Hall–Kier alpha value is -1.26. The lowest BCUT2D eigenvalue weighted by atomic mass is 10.0. The van der Waals surface area contributed by atoms with Gasteiger partial charge in [-0.15, -0.1) is 0 Å². The molecule has 100 valence electrons. The maximum absolute atomic E-state index is 9.45. The van der Waals surface area contributed by atoms with Crippen molar-refractivity contribution in [2.24, 2.45) is 5.92 Å². The van der Waals surface area contributed by atoms with E-state index in [9.17, 15) is 5.11 Å². The van der Waals surface area contributed by atoms with Gasteiger partial charge in [0.05, 0.1) is 13.7 Å². The molecule has 2 rings (SSSR count). The number of nitrogen functional groups attached to an aromatic ring is 1. The summed E-state index contributed by atoms with van der Waals surface area (Å²) in [6.07, 6.45) is 1.14. The molecule has 2 unspecified atom stereocenters. The number of hydrogen-bond donors (Lipinski definition) is 2. The van der Waals surface area contributed by atoms with E-state index in [4.69, 9.17) is 10.5 Å². The molecule has 1 fully saturated rings. The summed E-state index contributed by atoms with van der Waals surface area (Å²) in [4.78, 5) is 2.32. The van der Waals surface area contributed by atoms with Crippen molar-refractivity contribution in [3.63, 3.8) is 0 Å². The predicted octanol–water partition coefficient (Wildman–Crippen LogP) is 1.48. The van der Waals surface area contributed by atoms with E-state index in [0.717, 1.165) is 36.5 Å². The van der Waals surface area contributed by atoms with Gasteiger partial charge in [0.25, 0.3) is 0 Å². The van der Waals surface area contributed by atoms with E-state index in [1.807, 2.05) is 18.2 Å². The summed E-state index contributed by atoms with van der Waals surface area (Å²) in [7, 11) is 1.65. The fourth-order valence-electron chi connectivity index (χ4n) is 2.71. The first-order valence-corrected chi connectivity index (χ1v) is 6.42. The maximum atomic E-state index is 9.45. The van der Waals surface area contributed by atoms with Gasteiger partial charge in [0.2, 0.25) is 0 Å². The zero-order valence-electron chi connectivity index (χ0n) is 11.1. The number of rotatable bonds is 4. The largest absolute Gasteiger partial charge is 0.497 e. The van der Waals surface area contributed by atoms with Crippen LogP contribution in [0.1, 0.15) is 18.9 Å². The molecule has 18 heavy (non-hydrogen) atoms. The van der Waals surface area contributed by atoms with E-state index in [0.29, 0.717) is 5.92 Å². The molecule has 2 atom stereocenters. The summed E-state index contributed by atoms with van der Waals surface area (Å²) in [5.41, 5.74) is 7.71. The Labute approximate surface area is 108 Å². The monoisotopic (exact) mass is 250 g/mol. The third kappa shape index (κ3) is 2.76. The number of anilines is 1. The molecule has 0 spiro atoms. The highest BCUT2D eigenvalue weighted by Crippen LogP contribution is 2.27. The standard InChI is InChI=1S/C14H22N2O2/c1-10-3-4-16(14(10)9-17)8-11-5-12(15)7-13(6-11)18-2/h5-7,10,14,17H,3-4,8-9,15H2,1-2H3. The first-order valence-electron chi connectivity index (χ1n) is 6.42. The minimum absolute atomic E-state index is 0.223. The predicted molar refractivity (Wildman–Crippen MR) is 72.5 cm³/mol. The van der Waals surface area contributed by atoms with Crippen LogP contribution in [0.4, 0.5) is 5.69 Å². The van der Waals surface area contributed by atoms with Crippen LogP contribution in [0.2, 0.25) is 0 Å². The average Bonchev–Trinajstić information content (AvgIpc) is 2.69. The van der Waals surface area contributed by atoms with Crippen LogP contribution in [0.5, 0.6) is 5.75 Å². The summed E-state index contributed by atoms with van der Waals surface area (Å²) in [5.74, 6) is 1.34. The van der Waals surface area contributed by atoms with Crippen molar-refractivity contribution in [3.8, 4) is 5.75 Å². The van der Waals surface area contributed by atoms with Crippen molar-refractivity contribution >= 4 is 5.69 Å². The van der Waals surface area contributed by atoms with Crippen LogP contribution >= 0.6 is 0 Å². The van der Waals surface area contributed by atoms with Gasteiger partial charge in [0.1, 0.15) is 5.75 Å². The molecule has 0 radical (unpaired) electrons. The van der Waals surface area contributed by atoms with Crippen LogP contribution in [0, 0.1) is 5.92 Å². The van der Waals surface area contributed by atoms with E-state index in [1.165, 1.54) is 0 Å². The van der Waals surface area contributed by atoms with Gasteiger partial charge in [-0.3, -0.25) is 4.90 Å². The van der Waals surface area contributed by atoms with Gasteiger partial charge >= 0.3 is 0 Å². The van der Waals surface area contributed by atoms with Gasteiger partial charge in [0.15, 0.2) is 0 Å². The van der Waals surface area contributed by atoms with Gasteiger partial charge < -0.3 is 15.6 Å². The molecule has 1 aliphatic heterocycles. The number of aliphatic hydroxyl groups excluding tert-OH is 1. The Balaban J connectivity index is 2.11. The number of aliphatic hydroxyl groups is 1. The van der Waals surface area contributed by atoms with E-state index in [2.05, 4.69) is 11.8 Å². The van der Waals surface area contributed by atoms with Gasteiger partial charge in [-0.05, 0) is 36.6 Å². The van der Waals surface area contributed by atoms with Crippen LogP contribution in [0.25, 0.3) is 0 Å². The maximum Gasteiger partial charge on any atom is 0.121 e. The van der Waals surface area contributed by atoms with Crippen LogP contribution < -0.4 is 10.5 Å². The molecule has 1 saturated heterocycles. The lowest BCUT2D eigenvalue weighted by Gasteiger charge is -2.25. The Kier molecular flexibility index (Phi) is 4.09. The average molecular weight is 250 g/mol. The summed E-state index contributed by atoms with van der Waals surface area (Å²) in [6, 6.07) is 6.06. The molecule has 1 aromatic rings. The summed E-state index contributed by atoms with van der Waals surface area (Å²) < 4.78 is 5.23.